The van der Waals surface area contributed by atoms with Gasteiger partial charge in [0, 0.05) is 10.0 Å². The summed E-state index contributed by atoms with van der Waals surface area (Å²) in [6.45, 7) is 0.324. The van der Waals surface area contributed by atoms with Gasteiger partial charge in [0.1, 0.15) is 12.4 Å². The second-order valence-electron chi connectivity index (χ2n) is 6.33. The topological polar surface area (TPSA) is 79.8 Å². The third-order valence-corrected chi connectivity index (χ3v) is 4.52. The fraction of sp³-hybridized carbons (Fsp3) is 0.0870. The molecule has 0 radical (unpaired) electrons. The molecule has 0 heterocycles. The lowest BCUT2D eigenvalue weighted by Gasteiger charge is -2.06. The maximum absolute atomic E-state index is 12.0. The van der Waals surface area contributed by atoms with Gasteiger partial charge in [0.05, 0.1) is 12.8 Å². The van der Waals surface area contributed by atoms with Crippen LogP contribution in [0.1, 0.15) is 21.5 Å². The highest BCUT2D eigenvalue weighted by atomic mass is 79.9. The van der Waals surface area contributed by atoms with E-state index in [0.29, 0.717) is 12.2 Å². The quantitative estimate of drug-likeness (QED) is 0.390. The summed E-state index contributed by atoms with van der Waals surface area (Å²) >= 11 is 3.30. The number of halogens is 1. The number of nitrogens with zero attached hydrogens (tertiary/aromatic N) is 1. The van der Waals surface area contributed by atoms with Gasteiger partial charge in [0.15, 0.2) is 0 Å². The molecule has 2 N–H and O–H groups in total. The fourth-order valence-corrected chi connectivity index (χ4v) is 2.90. The summed E-state index contributed by atoms with van der Waals surface area (Å²) in [6, 6.07) is 24.2. The van der Waals surface area contributed by atoms with Crippen LogP contribution in [0.15, 0.2) is 88.4 Å². The van der Waals surface area contributed by atoms with Gasteiger partial charge in [-0.15, -0.1) is 0 Å². The van der Waals surface area contributed by atoms with Gasteiger partial charge in [-0.3, -0.25) is 9.59 Å². The molecule has 0 aliphatic rings. The average molecular weight is 466 g/mol. The fourth-order valence-electron chi connectivity index (χ4n) is 2.50. The number of hydrazone groups is 1. The highest BCUT2D eigenvalue weighted by molar-refractivity contribution is 9.10. The number of amides is 2. The molecule has 0 aliphatic heterocycles. The third kappa shape index (κ3) is 6.86. The molecular weight excluding hydrogens is 446 g/mol. The highest BCUT2D eigenvalue weighted by Gasteiger charge is 2.07. The average Bonchev–Trinajstić information content (AvgIpc) is 2.77. The number of benzene rings is 3. The van der Waals surface area contributed by atoms with E-state index in [0.717, 1.165) is 21.3 Å². The Morgan fingerprint density at radius 1 is 0.967 bits per heavy atom. The van der Waals surface area contributed by atoms with Crippen LogP contribution >= 0.6 is 15.9 Å². The Labute approximate surface area is 183 Å². The molecule has 3 aromatic rings. The molecule has 7 heteroatoms. The maximum Gasteiger partial charge on any atom is 0.259 e. The standard InChI is InChI=1S/C23H20BrN3O3/c24-20-8-4-7-19(13-20)23(29)25-15-22(28)27-26-14-17-9-11-21(12-10-17)30-16-18-5-2-1-3-6-18/h1-14H,15-16H2,(H,25,29)(H,27,28). The van der Waals surface area contributed by atoms with E-state index in [1.165, 1.54) is 6.21 Å². The van der Waals surface area contributed by atoms with Crippen molar-refractivity contribution >= 4 is 34.0 Å². The van der Waals surface area contributed by atoms with Crippen molar-refractivity contribution in [3.8, 4) is 5.75 Å². The van der Waals surface area contributed by atoms with Gasteiger partial charge in [0.2, 0.25) is 0 Å². The smallest absolute Gasteiger partial charge is 0.259 e. The lowest BCUT2D eigenvalue weighted by molar-refractivity contribution is -0.120. The minimum Gasteiger partial charge on any atom is -0.489 e. The van der Waals surface area contributed by atoms with E-state index in [2.05, 4.69) is 31.8 Å². The van der Waals surface area contributed by atoms with Crippen molar-refractivity contribution in [2.75, 3.05) is 6.54 Å². The van der Waals surface area contributed by atoms with E-state index < -0.39 is 5.91 Å². The van der Waals surface area contributed by atoms with E-state index in [9.17, 15) is 9.59 Å². The van der Waals surface area contributed by atoms with Crippen LogP contribution in [0.5, 0.6) is 5.75 Å². The number of carbonyl (C=O) groups is 2. The Bertz CT molecular complexity index is 1020. The zero-order chi connectivity index (χ0) is 21.2. The second-order valence-corrected chi connectivity index (χ2v) is 7.25. The maximum atomic E-state index is 12.0. The van der Waals surface area contributed by atoms with Crippen molar-refractivity contribution in [2.24, 2.45) is 5.10 Å². The van der Waals surface area contributed by atoms with Crippen LogP contribution in [0.3, 0.4) is 0 Å². The molecule has 0 unspecified atom stereocenters. The van der Waals surface area contributed by atoms with Crippen molar-refractivity contribution in [3.05, 3.63) is 100 Å². The van der Waals surface area contributed by atoms with Crippen LogP contribution in [-0.4, -0.2) is 24.6 Å². The van der Waals surface area contributed by atoms with Gasteiger partial charge in [0.25, 0.3) is 11.8 Å². The van der Waals surface area contributed by atoms with Crippen LogP contribution in [0, 0.1) is 0 Å². The number of rotatable bonds is 8. The normalized spacial score (nSPS) is 10.6. The van der Waals surface area contributed by atoms with Crippen LogP contribution in [0.4, 0.5) is 0 Å². The number of nitrogens with one attached hydrogen (secondary N) is 2. The number of hydrogen-bond donors (Lipinski definition) is 2. The van der Waals surface area contributed by atoms with Crippen molar-refractivity contribution in [1.29, 1.82) is 0 Å². The number of ether oxygens (including phenoxy) is 1. The first-order chi connectivity index (χ1) is 14.6. The Hall–Kier alpha value is -3.45. The molecule has 0 atom stereocenters. The second kappa shape index (κ2) is 10.9. The summed E-state index contributed by atoms with van der Waals surface area (Å²) in [5.74, 6) is -0.00534. The van der Waals surface area contributed by atoms with Crippen LogP contribution in [0.2, 0.25) is 0 Å². The van der Waals surface area contributed by atoms with E-state index in [4.69, 9.17) is 4.74 Å². The van der Waals surface area contributed by atoms with Crippen molar-refractivity contribution in [2.45, 2.75) is 6.61 Å². The lowest BCUT2D eigenvalue weighted by Crippen LogP contribution is -2.34. The molecule has 3 aromatic carbocycles. The predicted octanol–water partition coefficient (Wildman–Crippen LogP) is 3.91. The summed E-state index contributed by atoms with van der Waals surface area (Å²) in [7, 11) is 0. The first-order valence-corrected chi connectivity index (χ1v) is 10.0. The van der Waals surface area contributed by atoms with Gasteiger partial charge < -0.3 is 10.1 Å². The third-order valence-electron chi connectivity index (χ3n) is 4.03. The first-order valence-electron chi connectivity index (χ1n) is 9.22. The Morgan fingerprint density at radius 3 is 2.47 bits per heavy atom. The minimum atomic E-state index is -0.419. The first kappa shape index (κ1) is 21.3. The van der Waals surface area contributed by atoms with Crippen LogP contribution in [0.25, 0.3) is 0 Å². The molecule has 0 spiro atoms. The van der Waals surface area contributed by atoms with Crippen LogP contribution in [-0.2, 0) is 11.4 Å². The van der Waals surface area contributed by atoms with E-state index in [-0.39, 0.29) is 12.5 Å². The molecule has 152 valence electrons. The molecule has 0 bridgehead atoms. The van der Waals surface area contributed by atoms with Gasteiger partial charge >= 0.3 is 0 Å². The number of hydrogen-bond acceptors (Lipinski definition) is 4. The zero-order valence-corrected chi connectivity index (χ0v) is 17.6. The predicted molar refractivity (Wildman–Crippen MR) is 119 cm³/mol. The molecule has 0 fully saturated rings. The van der Waals surface area contributed by atoms with Crippen molar-refractivity contribution < 1.29 is 14.3 Å². The van der Waals surface area contributed by atoms with E-state index in [1.807, 2.05) is 60.7 Å². The van der Waals surface area contributed by atoms with Crippen molar-refractivity contribution in [3.63, 3.8) is 0 Å². The summed E-state index contributed by atoms with van der Waals surface area (Å²) in [5, 5.41) is 6.45. The van der Waals surface area contributed by atoms with Gasteiger partial charge in [-0.25, -0.2) is 5.43 Å². The Kier molecular flexibility index (Phi) is 7.74. The summed E-state index contributed by atoms with van der Waals surface area (Å²) < 4.78 is 6.52. The molecular formula is C23H20BrN3O3. The van der Waals surface area contributed by atoms with E-state index in [1.54, 1.807) is 18.2 Å². The van der Waals surface area contributed by atoms with Gasteiger partial charge in [-0.05, 0) is 53.6 Å². The lowest BCUT2D eigenvalue weighted by atomic mass is 10.2. The van der Waals surface area contributed by atoms with Crippen LogP contribution < -0.4 is 15.5 Å². The Balaban J connectivity index is 1.41. The molecule has 30 heavy (non-hydrogen) atoms. The van der Waals surface area contributed by atoms with Crippen molar-refractivity contribution in [1.82, 2.24) is 10.7 Å². The highest BCUT2D eigenvalue weighted by Crippen LogP contribution is 2.13. The molecule has 3 rings (SSSR count). The molecule has 0 saturated carbocycles. The van der Waals surface area contributed by atoms with Gasteiger partial charge in [-0.2, -0.15) is 5.10 Å². The summed E-state index contributed by atoms with van der Waals surface area (Å²) in [6.07, 6.45) is 1.52. The zero-order valence-electron chi connectivity index (χ0n) is 16.0. The summed E-state index contributed by atoms with van der Waals surface area (Å²) in [4.78, 5) is 23.9. The molecule has 6 nitrogen and oxygen atoms in total. The molecule has 0 aliphatic carbocycles. The molecule has 0 aromatic heterocycles. The summed E-state index contributed by atoms with van der Waals surface area (Å²) in [5.41, 5.74) is 4.75. The minimum absolute atomic E-state index is 0.172. The largest absolute Gasteiger partial charge is 0.489 e. The number of carbonyl (C=O) groups excluding carboxylic acids is 2. The molecule has 0 saturated heterocycles. The SMILES string of the molecule is O=C(CNC(=O)c1cccc(Br)c1)NN=Cc1ccc(OCc2ccccc2)cc1. The molecule has 2 amide bonds. The van der Waals surface area contributed by atoms with E-state index >= 15 is 0 Å². The van der Waals surface area contributed by atoms with Gasteiger partial charge in [-0.1, -0.05) is 52.3 Å². The monoisotopic (exact) mass is 465 g/mol. The Morgan fingerprint density at radius 2 is 1.73 bits per heavy atom.